The molecule has 0 atom stereocenters. The first-order chi connectivity index (χ1) is 12.7. The minimum atomic E-state index is -0.278. The SMILES string of the molecule is COC(=O)c1ccccc1N1CCCN(Cc2ccc(OC)cc2)CC1. The Morgan fingerprint density at radius 3 is 2.46 bits per heavy atom. The van der Waals surface area contributed by atoms with Gasteiger partial charge in [-0.05, 0) is 36.2 Å². The smallest absolute Gasteiger partial charge is 0.339 e. The average Bonchev–Trinajstić information content (AvgIpc) is 2.93. The molecule has 138 valence electrons. The number of nitrogens with zero attached hydrogens (tertiary/aromatic N) is 2. The minimum absolute atomic E-state index is 0.278. The summed E-state index contributed by atoms with van der Waals surface area (Å²) in [5, 5.41) is 0. The summed E-state index contributed by atoms with van der Waals surface area (Å²) in [6, 6.07) is 15.9. The number of carbonyl (C=O) groups excluding carboxylic acids is 1. The number of benzene rings is 2. The van der Waals surface area contributed by atoms with Gasteiger partial charge in [0.2, 0.25) is 0 Å². The zero-order valence-electron chi connectivity index (χ0n) is 15.5. The molecule has 0 saturated carbocycles. The highest BCUT2D eigenvalue weighted by Crippen LogP contribution is 2.23. The van der Waals surface area contributed by atoms with Crippen LogP contribution in [0.25, 0.3) is 0 Å². The van der Waals surface area contributed by atoms with Gasteiger partial charge in [0.25, 0.3) is 0 Å². The maximum Gasteiger partial charge on any atom is 0.339 e. The molecule has 5 nitrogen and oxygen atoms in total. The first-order valence-corrected chi connectivity index (χ1v) is 8.99. The molecular formula is C21H26N2O3. The predicted molar refractivity (Wildman–Crippen MR) is 103 cm³/mol. The van der Waals surface area contributed by atoms with Gasteiger partial charge in [0.15, 0.2) is 0 Å². The van der Waals surface area contributed by atoms with Crippen LogP contribution in [0.5, 0.6) is 5.75 Å². The lowest BCUT2D eigenvalue weighted by Crippen LogP contribution is -2.31. The number of rotatable bonds is 5. The van der Waals surface area contributed by atoms with Crippen molar-refractivity contribution in [1.82, 2.24) is 4.90 Å². The molecule has 26 heavy (non-hydrogen) atoms. The summed E-state index contributed by atoms with van der Waals surface area (Å²) in [5.74, 6) is 0.607. The van der Waals surface area contributed by atoms with Crippen LogP contribution in [0, 0.1) is 0 Å². The quantitative estimate of drug-likeness (QED) is 0.772. The second-order valence-corrected chi connectivity index (χ2v) is 6.47. The summed E-state index contributed by atoms with van der Waals surface area (Å²) in [6.45, 7) is 4.76. The molecule has 0 radical (unpaired) electrons. The van der Waals surface area contributed by atoms with Crippen LogP contribution in [0.4, 0.5) is 5.69 Å². The Hall–Kier alpha value is -2.53. The van der Waals surface area contributed by atoms with E-state index in [-0.39, 0.29) is 5.97 Å². The Kier molecular flexibility index (Phi) is 6.12. The summed E-state index contributed by atoms with van der Waals surface area (Å²) in [5.41, 5.74) is 2.89. The molecule has 2 aromatic rings. The zero-order chi connectivity index (χ0) is 18.4. The van der Waals surface area contributed by atoms with E-state index in [4.69, 9.17) is 9.47 Å². The van der Waals surface area contributed by atoms with Crippen molar-refractivity contribution >= 4 is 11.7 Å². The lowest BCUT2D eigenvalue weighted by atomic mass is 10.1. The van der Waals surface area contributed by atoms with Crippen LogP contribution >= 0.6 is 0 Å². The largest absolute Gasteiger partial charge is 0.497 e. The van der Waals surface area contributed by atoms with E-state index in [1.54, 1.807) is 7.11 Å². The van der Waals surface area contributed by atoms with Crippen LogP contribution in [0.2, 0.25) is 0 Å². The summed E-state index contributed by atoms with van der Waals surface area (Å²) >= 11 is 0. The Balaban J connectivity index is 1.66. The molecule has 0 bridgehead atoms. The lowest BCUT2D eigenvalue weighted by molar-refractivity contribution is 0.0601. The van der Waals surface area contributed by atoms with Crippen molar-refractivity contribution in [2.24, 2.45) is 0 Å². The number of methoxy groups -OCH3 is 2. The highest BCUT2D eigenvalue weighted by atomic mass is 16.5. The van der Waals surface area contributed by atoms with Crippen LogP contribution in [0.15, 0.2) is 48.5 Å². The van der Waals surface area contributed by atoms with Gasteiger partial charge in [0.05, 0.1) is 25.5 Å². The van der Waals surface area contributed by atoms with E-state index < -0.39 is 0 Å². The van der Waals surface area contributed by atoms with E-state index in [9.17, 15) is 4.79 Å². The molecule has 1 saturated heterocycles. The van der Waals surface area contributed by atoms with Gasteiger partial charge in [0, 0.05) is 32.7 Å². The number of anilines is 1. The van der Waals surface area contributed by atoms with Crippen LogP contribution in [0.3, 0.4) is 0 Å². The van der Waals surface area contributed by atoms with Crippen molar-refractivity contribution in [3.8, 4) is 5.75 Å². The second kappa shape index (κ2) is 8.72. The van der Waals surface area contributed by atoms with Crippen molar-refractivity contribution in [1.29, 1.82) is 0 Å². The number of hydrogen-bond donors (Lipinski definition) is 0. The van der Waals surface area contributed by atoms with Gasteiger partial charge in [-0.3, -0.25) is 4.90 Å². The number of carbonyl (C=O) groups is 1. The molecule has 3 rings (SSSR count). The first-order valence-electron chi connectivity index (χ1n) is 8.99. The van der Waals surface area contributed by atoms with Crippen LogP contribution in [0.1, 0.15) is 22.3 Å². The monoisotopic (exact) mass is 354 g/mol. The standard InChI is InChI=1S/C21H26N2O3/c1-25-18-10-8-17(9-11-18)16-22-12-5-13-23(15-14-22)20-7-4-3-6-19(20)21(24)26-2/h3-4,6-11H,5,12-16H2,1-2H3. The van der Waals surface area contributed by atoms with Gasteiger partial charge >= 0.3 is 5.97 Å². The first kappa shape index (κ1) is 18.3. The summed E-state index contributed by atoms with van der Waals surface area (Å²) < 4.78 is 10.2. The van der Waals surface area contributed by atoms with E-state index in [0.717, 1.165) is 50.6 Å². The molecule has 1 aliphatic rings. The Morgan fingerprint density at radius 1 is 0.962 bits per heavy atom. The van der Waals surface area contributed by atoms with Crippen molar-refractivity contribution in [3.63, 3.8) is 0 Å². The van der Waals surface area contributed by atoms with Crippen molar-refractivity contribution < 1.29 is 14.3 Å². The van der Waals surface area contributed by atoms with Crippen LogP contribution < -0.4 is 9.64 Å². The molecule has 1 aliphatic heterocycles. The summed E-state index contributed by atoms with van der Waals surface area (Å²) in [7, 11) is 3.11. The maximum absolute atomic E-state index is 12.1. The highest BCUT2D eigenvalue weighted by Gasteiger charge is 2.20. The highest BCUT2D eigenvalue weighted by molar-refractivity contribution is 5.95. The second-order valence-electron chi connectivity index (χ2n) is 6.47. The molecule has 1 fully saturated rings. The molecule has 1 heterocycles. The Labute approximate surface area is 155 Å². The minimum Gasteiger partial charge on any atom is -0.497 e. The van der Waals surface area contributed by atoms with Crippen molar-refractivity contribution in [2.45, 2.75) is 13.0 Å². The number of ether oxygens (including phenoxy) is 2. The van der Waals surface area contributed by atoms with Gasteiger partial charge in [-0.15, -0.1) is 0 Å². The van der Waals surface area contributed by atoms with Gasteiger partial charge in [-0.2, -0.15) is 0 Å². The van der Waals surface area contributed by atoms with Gasteiger partial charge in [0.1, 0.15) is 5.75 Å². The molecule has 0 unspecified atom stereocenters. The topological polar surface area (TPSA) is 42.0 Å². The molecule has 2 aromatic carbocycles. The fourth-order valence-electron chi connectivity index (χ4n) is 3.39. The van der Waals surface area contributed by atoms with E-state index in [1.165, 1.54) is 12.7 Å². The lowest BCUT2D eigenvalue weighted by Gasteiger charge is -2.25. The van der Waals surface area contributed by atoms with Crippen LogP contribution in [-0.2, 0) is 11.3 Å². The molecular weight excluding hydrogens is 328 g/mol. The maximum atomic E-state index is 12.1. The summed E-state index contributed by atoms with van der Waals surface area (Å²) in [4.78, 5) is 16.8. The predicted octanol–water partition coefficient (Wildman–Crippen LogP) is 3.19. The van der Waals surface area contributed by atoms with Gasteiger partial charge < -0.3 is 14.4 Å². The van der Waals surface area contributed by atoms with Gasteiger partial charge in [-0.25, -0.2) is 4.79 Å². The van der Waals surface area contributed by atoms with E-state index in [1.807, 2.05) is 36.4 Å². The third-order valence-electron chi connectivity index (χ3n) is 4.80. The molecule has 0 amide bonds. The molecule has 5 heteroatoms. The molecule has 0 spiro atoms. The normalized spacial score (nSPS) is 15.4. The number of esters is 1. The van der Waals surface area contributed by atoms with E-state index in [2.05, 4.69) is 21.9 Å². The third kappa shape index (κ3) is 4.35. The van der Waals surface area contributed by atoms with Crippen molar-refractivity contribution in [3.05, 3.63) is 59.7 Å². The third-order valence-corrected chi connectivity index (χ3v) is 4.80. The molecule has 0 aliphatic carbocycles. The summed E-state index contributed by atoms with van der Waals surface area (Å²) in [6.07, 6.45) is 1.06. The fourth-order valence-corrected chi connectivity index (χ4v) is 3.39. The number of hydrogen-bond acceptors (Lipinski definition) is 5. The molecule has 0 N–H and O–H groups in total. The van der Waals surface area contributed by atoms with Gasteiger partial charge in [-0.1, -0.05) is 24.3 Å². The molecule has 0 aromatic heterocycles. The Bertz CT molecular complexity index is 730. The van der Waals surface area contributed by atoms with E-state index in [0.29, 0.717) is 5.56 Å². The number of para-hydroxylation sites is 1. The van der Waals surface area contributed by atoms with Crippen LogP contribution in [-0.4, -0.2) is 51.3 Å². The average molecular weight is 354 g/mol. The van der Waals surface area contributed by atoms with E-state index >= 15 is 0 Å². The Morgan fingerprint density at radius 2 is 1.73 bits per heavy atom. The fraction of sp³-hybridized carbons (Fsp3) is 0.381. The van der Waals surface area contributed by atoms with Crippen molar-refractivity contribution in [2.75, 3.05) is 45.3 Å². The zero-order valence-corrected chi connectivity index (χ0v) is 15.5.